The Morgan fingerprint density at radius 3 is 2.71 bits per heavy atom. The maximum atomic E-state index is 12.4. The van der Waals surface area contributed by atoms with E-state index in [0.717, 1.165) is 0 Å². The van der Waals surface area contributed by atoms with Gasteiger partial charge in [-0.05, 0) is 12.1 Å². The van der Waals surface area contributed by atoms with Crippen molar-refractivity contribution in [2.75, 3.05) is 0 Å². The minimum atomic E-state index is -4.53. The molecule has 3 rings (SSSR count). The number of rotatable bonds is 3. The van der Waals surface area contributed by atoms with Gasteiger partial charge in [-0.2, -0.15) is 13.2 Å². The number of benzene rings is 1. The van der Waals surface area contributed by atoms with Crippen molar-refractivity contribution in [3.05, 3.63) is 41.7 Å². The fourth-order valence-corrected chi connectivity index (χ4v) is 2.08. The molecule has 0 aliphatic carbocycles. The van der Waals surface area contributed by atoms with Crippen molar-refractivity contribution in [2.24, 2.45) is 0 Å². The van der Waals surface area contributed by atoms with E-state index in [1.165, 1.54) is 10.9 Å². The van der Waals surface area contributed by atoms with E-state index in [1.807, 2.05) is 0 Å². The Kier molecular flexibility index (Phi) is 3.29. The normalized spacial score (nSPS) is 11.6. The number of aromatic nitrogens is 5. The van der Waals surface area contributed by atoms with Crippen LogP contribution in [0, 0.1) is 0 Å². The predicted molar refractivity (Wildman–Crippen MR) is 66.3 cm³/mol. The van der Waals surface area contributed by atoms with Crippen LogP contribution in [0.3, 0.4) is 0 Å². The van der Waals surface area contributed by atoms with Gasteiger partial charge < -0.3 is 4.74 Å². The minimum absolute atomic E-state index is 0.182. The highest BCUT2D eigenvalue weighted by Gasteiger charge is 2.36. The third-order valence-electron chi connectivity index (χ3n) is 2.36. The Morgan fingerprint density at radius 2 is 2.05 bits per heavy atom. The Balaban J connectivity index is 1.82. The van der Waals surface area contributed by atoms with Gasteiger partial charge in [0.25, 0.3) is 5.19 Å². The molecular formula is C11H6F3N5OS. The largest absolute Gasteiger partial charge is 0.445 e. The van der Waals surface area contributed by atoms with Crippen molar-refractivity contribution in [2.45, 2.75) is 6.18 Å². The number of hydrogen-bond donors (Lipinski definition) is 0. The van der Waals surface area contributed by atoms with Gasteiger partial charge in [-0.25, -0.2) is 4.68 Å². The zero-order valence-electron chi connectivity index (χ0n) is 10.2. The van der Waals surface area contributed by atoms with Crippen molar-refractivity contribution in [1.82, 2.24) is 25.2 Å². The molecule has 2 aromatic heterocycles. The molecule has 0 aliphatic rings. The van der Waals surface area contributed by atoms with E-state index in [9.17, 15) is 13.2 Å². The number of halogens is 3. The molecule has 0 radical (unpaired) electrons. The molecule has 0 spiro atoms. The molecule has 0 fully saturated rings. The van der Waals surface area contributed by atoms with Crippen LogP contribution in [0.15, 0.2) is 36.7 Å². The van der Waals surface area contributed by atoms with Crippen LogP contribution in [0.5, 0.6) is 10.9 Å². The van der Waals surface area contributed by atoms with E-state index in [2.05, 4.69) is 20.5 Å². The molecule has 0 saturated heterocycles. The standard InChI is InChI=1S/C11H6F3N5OS/c12-11(13,14)9-16-17-10(21-9)20-8-3-1-2-7(6-8)19-5-4-15-18-19/h1-6H. The Morgan fingerprint density at radius 1 is 1.19 bits per heavy atom. The van der Waals surface area contributed by atoms with Crippen LogP contribution in [0.25, 0.3) is 5.69 Å². The smallest absolute Gasteiger partial charge is 0.430 e. The van der Waals surface area contributed by atoms with Gasteiger partial charge in [0, 0.05) is 6.07 Å². The Labute approximate surface area is 119 Å². The summed E-state index contributed by atoms with van der Waals surface area (Å²) in [5.74, 6) is 0.327. The van der Waals surface area contributed by atoms with Crippen LogP contribution in [-0.4, -0.2) is 25.2 Å². The van der Waals surface area contributed by atoms with Crippen LogP contribution in [0.4, 0.5) is 13.2 Å². The first-order valence-electron chi connectivity index (χ1n) is 5.58. The van der Waals surface area contributed by atoms with Crippen molar-refractivity contribution in [3.8, 4) is 16.6 Å². The lowest BCUT2D eigenvalue weighted by Crippen LogP contribution is -2.03. The second kappa shape index (κ2) is 5.13. The summed E-state index contributed by atoms with van der Waals surface area (Å²) in [6.07, 6.45) is -1.39. The monoisotopic (exact) mass is 313 g/mol. The first-order chi connectivity index (χ1) is 10.0. The summed E-state index contributed by atoms with van der Waals surface area (Å²) in [5.41, 5.74) is 0.658. The highest BCUT2D eigenvalue weighted by atomic mass is 32.1. The van der Waals surface area contributed by atoms with Crippen LogP contribution in [0.1, 0.15) is 5.01 Å². The minimum Gasteiger partial charge on any atom is -0.430 e. The molecule has 2 heterocycles. The van der Waals surface area contributed by atoms with Gasteiger partial charge in [-0.1, -0.05) is 27.7 Å². The molecule has 0 aliphatic heterocycles. The molecule has 21 heavy (non-hydrogen) atoms. The van der Waals surface area contributed by atoms with E-state index < -0.39 is 11.2 Å². The maximum absolute atomic E-state index is 12.4. The summed E-state index contributed by atoms with van der Waals surface area (Å²) in [6.45, 7) is 0. The molecular weight excluding hydrogens is 307 g/mol. The van der Waals surface area contributed by atoms with Crippen LogP contribution in [0.2, 0.25) is 0 Å². The van der Waals surface area contributed by atoms with Gasteiger partial charge in [-0.3, -0.25) is 0 Å². The topological polar surface area (TPSA) is 65.7 Å². The molecule has 10 heteroatoms. The maximum Gasteiger partial charge on any atom is 0.445 e. The SMILES string of the molecule is FC(F)(F)c1nnc(Oc2cccc(-n3ccnn3)c2)s1. The zero-order chi connectivity index (χ0) is 14.9. The first kappa shape index (κ1) is 13.5. The van der Waals surface area contributed by atoms with Crippen LogP contribution >= 0.6 is 11.3 Å². The summed E-state index contributed by atoms with van der Waals surface area (Å²) >= 11 is 0.334. The quantitative estimate of drug-likeness (QED) is 0.744. The van der Waals surface area contributed by atoms with Gasteiger partial charge in [0.15, 0.2) is 0 Å². The second-order valence-electron chi connectivity index (χ2n) is 3.82. The molecule has 0 amide bonds. The van der Waals surface area contributed by atoms with Crippen LogP contribution in [-0.2, 0) is 6.18 Å². The lowest BCUT2D eigenvalue weighted by Gasteiger charge is -2.04. The van der Waals surface area contributed by atoms with E-state index >= 15 is 0 Å². The summed E-state index contributed by atoms with van der Waals surface area (Å²) in [6, 6.07) is 6.62. The van der Waals surface area contributed by atoms with Gasteiger partial charge in [0.2, 0.25) is 5.01 Å². The van der Waals surface area contributed by atoms with Gasteiger partial charge >= 0.3 is 6.18 Å². The lowest BCUT2D eigenvalue weighted by molar-refractivity contribution is -0.138. The van der Waals surface area contributed by atoms with Crippen molar-refractivity contribution >= 4 is 11.3 Å². The van der Waals surface area contributed by atoms with Crippen molar-refractivity contribution in [1.29, 1.82) is 0 Å². The number of alkyl halides is 3. The third-order valence-corrected chi connectivity index (χ3v) is 3.20. The van der Waals surface area contributed by atoms with Crippen molar-refractivity contribution in [3.63, 3.8) is 0 Å². The predicted octanol–water partition coefficient (Wildman–Crippen LogP) is 2.93. The Bertz CT molecular complexity index is 740. The summed E-state index contributed by atoms with van der Waals surface area (Å²) in [5, 5.41) is 12.7. The van der Waals surface area contributed by atoms with E-state index in [-0.39, 0.29) is 5.19 Å². The molecule has 3 aromatic rings. The molecule has 0 unspecified atom stereocenters. The summed E-state index contributed by atoms with van der Waals surface area (Å²) < 4.78 is 44.0. The van der Waals surface area contributed by atoms with E-state index in [1.54, 1.807) is 30.5 Å². The molecule has 0 N–H and O–H groups in total. The number of hydrogen-bond acceptors (Lipinski definition) is 6. The Hall–Kier alpha value is -2.49. The lowest BCUT2D eigenvalue weighted by atomic mass is 10.3. The molecule has 108 valence electrons. The highest BCUT2D eigenvalue weighted by Crippen LogP contribution is 2.35. The average molecular weight is 313 g/mol. The fourth-order valence-electron chi connectivity index (χ4n) is 1.50. The molecule has 6 nitrogen and oxygen atoms in total. The van der Waals surface area contributed by atoms with Crippen LogP contribution < -0.4 is 4.74 Å². The summed E-state index contributed by atoms with van der Waals surface area (Å²) in [7, 11) is 0. The third kappa shape index (κ3) is 2.99. The fraction of sp³-hybridized carbons (Fsp3) is 0.0909. The van der Waals surface area contributed by atoms with Crippen molar-refractivity contribution < 1.29 is 17.9 Å². The van der Waals surface area contributed by atoms with E-state index in [4.69, 9.17) is 4.74 Å². The molecule has 0 atom stereocenters. The average Bonchev–Trinajstić information content (AvgIpc) is 3.09. The highest BCUT2D eigenvalue weighted by molar-refractivity contribution is 7.13. The molecule has 1 aromatic carbocycles. The van der Waals surface area contributed by atoms with E-state index in [0.29, 0.717) is 22.8 Å². The zero-order valence-corrected chi connectivity index (χ0v) is 11.0. The summed E-state index contributed by atoms with van der Waals surface area (Å²) in [4.78, 5) is 0. The number of ether oxygens (including phenoxy) is 1. The molecule has 0 bridgehead atoms. The number of nitrogens with zero attached hydrogens (tertiary/aromatic N) is 5. The second-order valence-corrected chi connectivity index (χ2v) is 4.76. The van der Waals surface area contributed by atoms with Gasteiger partial charge in [0.1, 0.15) is 5.75 Å². The molecule has 0 saturated carbocycles. The first-order valence-corrected chi connectivity index (χ1v) is 6.39. The van der Waals surface area contributed by atoms with Gasteiger partial charge in [-0.15, -0.1) is 10.2 Å². The van der Waals surface area contributed by atoms with Gasteiger partial charge in [0.05, 0.1) is 18.1 Å².